The van der Waals surface area contributed by atoms with Crippen LogP contribution < -0.4 is 17.0 Å². The molecule has 0 aromatic heterocycles. The molecule has 0 heterocycles. The molecule has 0 radical (unpaired) electrons. The minimum absolute atomic E-state index is 0.311. The van der Waals surface area contributed by atoms with Crippen molar-refractivity contribution in [2.75, 3.05) is 5.73 Å². The van der Waals surface area contributed by atoms with Gasteiger partial charge in [0.2, 0.25) is 0 Å². The van der Waals surface area contributed by atoms with Crippen molar-refractivity contribution in [1.29, 1.82) is 0 Å². The summed E-state index contributed by atoms with van der Waals surface area (Å²) in [5.41, 5.74) is 11.2. The van der Waals surface area contributed by atoms with Gasteiger partial charge in [-0.3, -0.25) is 11.3 Å². The quantitative estimate of drug-likeness (QED) is 0.457. The van der Waals surface area contributed by atoms with Crippen LogP contribution in [0.5, 0.6) is 0 Å². The lowest BCUT2D eigenvalue weighted by molar-refractivity contribution is 0.542. The largest absolute Gasteiger partial charge is 0.398 e. The lowest BCUT2D eigenvalue weighted by Crippen LogP contribution is -2.30. The Morgan fingerprint density at radius 3 is 2.45 bits per heavy atom. The number of nitrogens with two attached hydrogens (primary N) is 2. The van der Waals surface area contributed by atoms with Gasteiger partial charge >= 0.3 is 0 Å². The number of hydrogen-bond donors (Lipinski definition) is 3. The lowest BCUT2D eigenvalue weighted by atomic mass is 9.95. The van der Waals surface area contributed by atoms with Gasteiger partial charge in [-0.1, -0.05) is 6.07 Å². The van der Waals surface area contributed by atoms with Crippen molar-refractivity contribution in [1.82, 2.24) is 5.43 Å². The molecule has 0 aliphatic rings. The topological polar surface area (TPSA) is 64.1 Å². The van der Waals surface area contributed by atoms with Crippen molar-refractivity contribution in [2.24, 2.45) is 5.84 Å². The average molecular weight is 277 g/mol. The second kappa shape index (κ2) is 5.98. The third kappa shape index (κ3) is 3.12. The molecule has 0 aliphatic carbocycles. The molecule has 2 rings (SSSR count). The zero-order valence-corrected chi connectivity index (χ0v) is 11.2. The Labute approximate surface area is 116 Å². The number of hydrazine groups is 1. The maximum absolute atomic E-state index is 13.3. The minimum atomic E-state index is -0.384. The van der Waals surface area contributed by atoms with Crippen LogP contribution in [0, 0.1) is 18.6 Å². The highest BCUT2D eigenvalue weighted by atomic mass is 19.1. The summed E-state index contributed by atoms with van der Waals surface area (Å²) in [7, 11) is 0. The molecule has 0 fully saturated rings. The second-order valence-corrected chi connectivity index (χ2v) is 4.77. The number of aryl methyl sites for hydroxylation is 1. The van der Waals surface area contributed by atoms with Crippen LogP contribution in [0.4, 0.5) is 14.5 Å². The van der Waals surface area contributed by atoms with E-state index in [4.69, 9.17) is 11.6 Å². The Morgan fingerprint density at radius 1 is 1.10 bits per heavy atom. The van der Waals surface area contributed by atoms with Crippen LogP contribution in [0.2, 0.25) is 0 Å². The van der Waals surface area contributed by atoms with E-state index in [1.807, 2.05) is 6.92 Å². The van der Waals surface area contributed by atoms with Gasteiger partial charge in [0.15, 0.2) is 0 Å². The van der Waals surface area contributed by atoms with Crippen molar-refractivity contribution in [3.8, 4) is 0 Å². The van der Waals surface area contributed by atoms with E-state index in [0.717, 1.165) is 11.1 Å². The third-order valence-electron chi connectivity index (χ3n) is 3.36. The summed E-state index contributed by atoms with van der Waals surface area (Å²) in [5.74, 6) is 4.84. The van der Waals surface area contributed by atoms with Gasteiger partial charge in [0.1, 0.15) is 11.6 Å². The summed E-state index contributed by atoms with van der Waals surface area (Å²) in [6, 6.07) is 8.30. The fourth-order valence-electron chi connectivity index (χ4n) is 2.19. The molecular formula is C15H17F2N3. The van der Waals surface area contributed by atoms with Gasteiger partial charge in [0, 0.05) is 5.69 Å². The van der Waals surface area contributed by atoms with E-state index in [2.05, 4.69) is 5.43 Å². The molecule has 0 bridgehead atoms. The van der Waals surface area contributed by atoms with Gasteiger partial charge in [0.05, 0.1) is 6.04 Å². The van der Waals surface area contributed by atoms with E-state index in [9.17, 15) is 8.78 Å². The highest BCUT2D eigenvalue weighted by Gasteiger charge is 2.16. The Morgan fingerprint density at radius 2 is 1.75 bits per heavy atom. The third-order valence-corrected chi connectivity index (χ3v) is 3.36. The van der Waals surface area contributed by atoms with Gasteiger partial charge in [-0.2, -0.15) is 0 Å². The van der Waals surface area contributed by atoms with E-state index in [-0.39, 0.29) is 17.7 Å². The van der Waals surface area contributed by atoms with E-state index in [1.54, 1.807) is 6.07 Å². The van der Waals surface area contributed by atoms with Gasteiger partial charge in [-0.25, -0.2) is 8.78 Å². The number of anilines is 1. The molecule has 1 unspecified atom stereocenters. The molecule has 5 heteroatoms. The van der Waals surface area contributed by atoms with Gasteiger partial charge in [0.25, 0.3) is 0 Å². The summed E-state index contributed by atoms with van der Waals surface area (Å²) in [6.07, 6.45) is 0.424. The monoisotopic (exact) mass is 277 g/mol. The standard InChI is InChI=1S/C15H17F2N3/c1-9-2-3-11(16)6-10(9)7-15(20-19)13-8-12(17)4-5-14(13)18/h2-6,8,15,20H,7,18-19H2,1H3. The number of nitrogen functional groups attached to an aromatic ring is 1. The van der Waals surface area contributed by atoms with E-state index >= 15 is 0 Å². The first-order valence-electron chi connectivity index (χ1n) is 6.27. The zero-order chi connectivity index (χ0) is 14.7. The first-order valence-corrected chi connectivity index (χ1v) is 6.27. The van der Waals surface area contributed by atoms with E-state index in [0.29, 0.717) is 17.7 Å². The predicted octanol–water partition coefficient (Wildman–Crippen LogP) is 2.60. The highest BCUT2D eigenvalue weighted by Crippen LogP contribution is 2.25. The maximum atomic E-state index is 13.3. The molecule has 1 atom stereocenters. The van der Waals surface area contributed by atoms with Crippen molar-refractivity contribution < 1.29 is 8.78 Å². The molecular weight excluding hydrogens is 260 g/mol. The first-order chi connectivity index (χ1) is 9.51. The second-order valence-electron chi connectivity index (χ2n) is 4.77. The molecule has 3 nitrogen and oxygen atoms in total. The minimum Gasteiger partial charge on any atom is -0.398 e. The van der Waals surface area contributed by atoms with E-state index < -0.39 is 0 Å². The molecule has 0 spiro atoms. The Kier molecular flexibility index (Phi) is 4.32. The Hall–Kier alpha value is -1.98. The van der Waals surface area contributed by atoms with Crippen LogP contribution in [-0.2, 0) is 6.42 Å². The summed E-state index contributed by atoms with van der Waals surface area (Å²) < 4.78 is 26.7. The molecule has 0 saturated carbocycles. The van der Waals surface area contributed by atoms with Crippen LogP contribution in [-0.4, -0.2) is 0 Å². The molecule has 0 aliphatic heterocycles. The van der Waals surface area contributed by atoms with Crippen LogP contribution >= 0.6 is 0 Å². The summed E-state index contributed by atoms with van der Waals surface area (Å²) in [4.78, 5) is 0. The van der Waals surface area contributed by atoms with E-state index in [1.165, 1.54) is 30.3 Å². The predicted molar refractivity (Wildman–Crippen MR) is 75.7 cm³/mol. The van der Waals surface area contributed by atoms with Crippen LogP contribution in [0.1, 0.15) is 22.7 Å². The van der Waals surface area contributed by atoms with Crippen LogP contribution in [0.25, 0.3) is 0 Å². The number of benzene rings is 2. The van der Waals surface area contributed by atoms with Crippen LogP contribution in [0.3, 0.4) is 0 Å². The molecule has 0 saturated heterocycles. The highest BCUT2D eigenvalue weighted by molar-refractivity contribution is 5.49. The van der Waals surface area contributed by atoms with Gasteiger partial charge < -0.3 is 5.73 Å². The van der Waals surface area contributed by atoms with Gasteiger partial charge in [-0.15, -0.1) is 0 Å². The molecule has 5 N–H and O–H groups in total. The molecule has 0 amide bonds. The number of nitrogens with one attached hydrogen (secondary N) is 1. The number of hydrogen-bond acceptors (Lipinski definition) is 3. The fourth-order valence-corrected chi connectivity index (χ4v) is 2.19. The summed E-state index contributed by atoms with van der Waals surface area (Å²) in [5, 5.41) is 0. The molecule has 20 heavy (non-hydrogen) atoms. The maximum Gasteiger partial charge on any atom is 0.123 e. The zero-order valence-electron chi connectivity index (χ0n) is 11.2. The van der Waals surface area contributed by atoms with Crippen molar-refractivity contribution in [3.63, 3.8) is 0 Å². The average Bonchev–Trinajstić information content (AvgIpc) is 2.42. The number of rotatable bonds is 4. The smallest absolute Gasteiger partial charge is 0.123 e. The molecule has 2 aromatic carbocycles. The molecule has 106 valence electrons. The summed E-state index contributed by atoms with van der Waals surface area (Å²) in [6.45, 7) is 1.89. The normalized spacial score (nSPS) is 12.4. The fraction of sp³-hybridized carbons (Fsp3) is 0.200. The lowest BCUT2D eigenvalue weighted by Gasteiger charge is -2.19. The Bertz CT molecular complexity index is 614. The van der Waals surface area contributed by atoms with Crippen molar-refractivity contribution in [3.05, 3.63) is 64.7 Å². The summed E-state index contributed by atoms with van der Waals surface area (Å²) >= 11 is 0. The Balaban J connectivity index is 2.33. The SMILES string of the molecule is Cc1ccc(F)cc1CC(NN)c1cc(F)ccc1N. The van der Waals surface area contributed by atoms with Crippen molar-refractivity contribution in [2.45, 2.75) is 19.4 Å². The first kappa shape index (κ1) is 14.4. The number of halogens is 2. The van der Waals surface area contributed by atoms with Crippen LogP contribution in [0.15, 0.2) is 36.4 Å². The van der Waals surface area contributed by atoms with Gasteiger partial charge in [-0.05, 0) is 60.4 Å². The molecule has 2 aromatic rings. The van der Waals surface area contributed by atoms with Crippen molar-refractivity contribution >= 4 is 5.69 Å².